The lowest BCUT2D eigenvalue weighted by Gasteiger charge is -2.37. The van der Waals surface area contributed by atoms with Crippen LogP contribution in [0.15, 0.2) is 40.7 Å². The van der Waals surface area contributed by atoms with Gasteiger partial charge >= 0.3 is 0 Å². The standard InChI is InChI=1S/C22H33N5S/c1-16(2)21-25-20(15-28-21)14-24-22(23-4)26-19-10-12-27(13-11-19)17(3)18-8-6-5-7-9-18/h5-9,15-17,19H,10-14H2,1-4H3,(H2,23,24,26). The minimum atomic E-state index is 0.465. The molecule has 0 bridgehead atoms. The summed E-state index contributed by atoms with van der Waals surface area (Å²) < 4.78 is 0. The van der Waals surface area contributed by atoms with Crippen LogP contribution >= 0.6 is 11.3 Å². The highest BCUT2D eigenvalue weighted by molar-refractivity contribution is 7.09. The molecule has 0 spiro atoms. The van der Waals surface area contributed by atoms with Gasteiger partial charge in [0.2, 0.25) is 0 Å². The Morgan fingerprint density at radius 1 is 1.21 bits per heavy atom. The summed E-state index contributed by atoms with van der Waals surface area (Å²) in [7, 11) is 1.84. The molecule has 0 saturated carbocycles. The maximum atomic E-state index is 4.69. The molecule has 2 aromatic rings. The van der Waals surface area contributed by atoms with E-state index in [1.807, 2.05) is 7.05 Å². The first-order valence-electron chi connectivity index (χ1n) is 10.3. The molecule has 1 atom stereocenters. The third-order valence-corrected chi connectivity index (χ3v) is 6.62. The SMILES string of the molecule is CN=C(NCc1csc(C(C)C)n1)NC1CCN(C(C)c2ccccc2)CC1. The monoisotopic (exact) mass is 399 g/mol. The largest absolute Gasteiger partial charge is 0.354 e. The molecule has 28 heavy (non-hydrogen) atoms. The van der Waals surface area contributed by atoms with Crippen molar-refractivity contribution in [2.45, 2.75) is 58.2 Å². The molecule has 5 nitrogen and oxygen atoms in total. The van der Waals surface area contributed by atoms with Crippen molar-refractivity contribution in [1.82, 2.24) is 20.5 Å². The Labute approximate surface area is 173 Å². The molecular weight excluding hydrogens is 366 g/mol. The van der Waals surface area contributed by atoms with Gasteiger partial charge in [-0.1, -0.05) is 44.2 Å². The highest BCUT2D eigenvalue weighted by Gasteiger charge is 2.24. The second-order valence-corrected chi connectivity index (χ2v) is 8.69. The molecule has 1 aromatic heterocycles. The van der Waals surface area contributed by atoms with E-state index in [2.05, 4.69) is 82.0 Å². The van der Waals surface area contributed by atoms with Gasteiger partial charge in [-0.05, 0) is 25.3 Å². The van der Waals surface area contributed by atoms with Crippen LogP contribution in [-0.2, 0) is 6.54 Å². The van der Waals surface area contributed by atoms with Gasteiger partial charge in [0.1, 0.15) is 0 Å². The van der Waals surface area contributed by atoms with Gasteiger partial charge in [0.25, 0.3) is 0 Å². The number of piperidine rings is 1. The number of hydrogen-bond donors (Lipinski definition) is 2. The zero-order valence-corrected chi connectivity index (χ0v) is 18.3. The molecular formula is C22H33N5S. The van der Waals surface area contributed by atoms with Gasteiger partial charge in [0.15, 0.2) is 5.96 Å². The summed E-state index contributed by atoms with van der Waals surface area (Å²) in [4.78, 5) is 11.7. The number of thiazole rings is 1. The van der Waals surface area contributed by atoms with E-state index in [0.29, 0.717) is 24.5 Å². The number of aromatic nitrogens is 1. The van der Waals surface area contributed by atoms with E-state index < -0.39 is 0 Å². The Balaban J connectivity index is 1.45. The quantitative estimate of drug-likeness (QED) is 0.566. The minimum Gasteiger partial charge on any atom is -0.354 e. The molecule has 0 radical (unpaired) electrons. The normalized spacial score (nSPS) is 17.7. The molecule has 1 aromatic carbocycles. The summed E-state index contributed by atoms with van der Waals surface area (Å²) in [6, 6.07) is 11.7. The molecule has 2 heterocycles. The van der Waals surface area contributed by atoms with Crippen LogP contribution in [0.3, 0.4) is 0 Å². The summed E-state index contributed by atoms with van der Waals surface area (Å²) >= 11 is 1.74. The maximum absolute atomic E-state index is 4.69. The first kappa shape index (κ1) is 20.8. The molecule has 152 valence electrons. The fraction of sp³-hybridized carbons (Fsp3) is 0.545. The van der Waals surface area contributed by atoms with Crippen molar-refractivity contribution in [1.29, 1.82) is 0 Å². The zero-order valence-electron chi connectivity index (χ0n) is 17.5. The average molecular weight is 400 g/mol. The van der Waals surface area contributed by atoms with Crippen LogP contribution in [0.1, 0.15) is 61.8 Å². The van der Waals surface area contributed by atoms with E-state index >= 15 is 0 Å². The Kier molecular flexibility index (Phi) is 7.45. The van der Waals surface area contributed by atoms with Gasteiger partial charge in [-0.3, -0.25) is 9.89 Å². The Morgan fingerprint density at radius 3 is 2.54 bits per heavy atom. The lowest BCUT2D eigenvalue weighted by Crippen LogP contribution is -2.48. The molecule has 1 fully saturated rings. The van der Waals surface area contributed by atoms with Gasteiger partial charge < -0.3 is 10.6 Å². The van der Waals surface area contributed by atoms with E-state index in [0.717, 1.165) is 37.6 Å². The first-order valence-corrected chi connectivity index (χ1v) is 11.1. The van der Waals surface area contributed by atoms with Crippen LogP contribution in [-0.4, -0.2) is 42.0 Å². The van der Waals surface area contributed by atoms with Crippen molar-refractivity contribution >= 4 is 17.3 Å². The first-order chi connectivity index (χ1) is 13.6. The van der Waals surface area contributed by atoms with Gasteiger partial charge in [0, 0.05) is 43.5 Å². The molecule has 3 rings (SSSR count). The number of guanidine groups is 1. The number of aliphatic imine (C=N–C) groups is 1. The third kappa shape index (κ3) is 5.55. The predicted octanol–water partition coefficient (Wildman–Crippen LogP) is 4.16. The van der Waals surface area contributed by atoms with Crippen LogP contribution in [0.2, 0.25) is 0 Å². The van der Waals surface area contributed by atoms with E-state index in [-0.39, 0.29) is 0 Å². The van der Waals surface area contributed by atoms with Gasteiger partial charge in [-0.15, -0.1) is 11.3 Å². The van der Waals surface area contributed by atoms with Crippen molar-refractivity contribution in [3.8, 4) is 0 Å². The molecule has 2 N–H and O–H groups in total. The number of hydrogen-bond acceptors (Lipinski definition) is 4. The van der Waals surface area contributed by atoms with Crippen LogP contribution < -0.4 is 10.6 Å². The summed E-state index contributed by atoms with van der Waals surface area (Å²) in [5, 5.41) is 10.3. The topological polar surface area (TPSA) is 52.6 Å². The number of likely N-dealkylation sites (tertiary alicyclic amines) is 1. The van der Waals surface area contributed by atoms with Crippen LogP contribution in [0.4, 0.5) is 0 Å². The van der Waals surface area contributed by atoms with Crippen LogP contribution in [0.5, 0.6) is 0 Å². The van der Waals surface area contributed by atoms with E-state index in [1.54, 1.807) is 11.3 Å². The van der Waals surface area contributed by atoms with E-state index in [9.17, 15) is 0 Å². The highest BCUT2D eigenvalue weighted by atomic mass is 32.1. The second-order valence-electron chi connectivity index (χ2n) is 7.80. The molecule has 1 aliphatic heterocycles. The molecule has 1 saturated heterocycles. The van der Waals surface area contributed by atoms with Crippen molar-refractivity contribution in [2.24, 2.45) is 4.99 Å². The summed E-state index contributed by atoms with van der Waals surface area (Å²) in [6.07, 6.45) is 2.26. The summed E-state index contributed by atoms with van der Waals surface area (Å²) in [6.45, 7) is 9.60. The highest BCUT2D eigenvalue weighted by Crippen LogP contribution is 2.24. The summed E-state index contributed by atoms with van der Waals surface area (Å²) in [5.41, 5.74) is 2.48. The van der Waals surface area contributed by atoms with Crippen molar-refractivity contribution < 1.29 is 0 Å². The zero-order chi connectivity index (χ0) is 19.9. The van der Waals surface area contributed by atoms with Crippen LogP contribution in [0, 0.1) is 0 Å². The fourth-order valence-electron chi connectivity index (χ4n) is 3.60. The fourth-order valence-corrected chi connectivity index (χ4v) is 4.44. The molecule has 0 aliphatic carbocycles. The van der Waals surface area contributed by atoms with Crippen molar-refractivity contribution in [2.75, 3.05) is 20.1 Å². The number of nitrogens with zero attached hydrogens (tertiary/aromatic N) is 3. The molecule has 1 unspecified atom stereocenters. The van der Waals surface area contributed by atoms with E-state index in [1.165, 1.54) is 10.6 Å². The smallest absolute Gasteiger partial charge is 0.191 e. The lowest BCUT2D eigenvalue weighted by atomic mass is 10.0. The predicted molar refractivity (Wildman–Crippen MR) is 119 cm³/mol. The van der Waals surface area contributed by atoms with E-state index in [4.69, 9.17) is 0 Å². The second kappa shape index (κ2) is 10.0. The number of rotatable bonds is 6. The van der Waals surface area contributed by atoms with Gasteiger partial charge in [-0.25, -0.2) is 4.98 Å². The number of benzene rings is 1. The Morgan fingerprint density at radius 2 is 1.93 bits per heavy atom. The average Bonchev–Trinajstić information content (AvgIpc) is 3.21. The maximum Gasteiger partial charge on any atom is 0.191 e. The minimum absolute atomic E-state index is 0.465. The molecule has 0 amide bonds. The molecule has 6 heteroatoms. The Bertz CT molecular complexity index is 747. The number of nitrogens with one attached hydrogen (secondary N) is 2. The van der Waals surface area contributed by atoms with Crippen LogP contribution in [0.25, 0.3) is 0 Å². The summed E-state index contributed by atoms with van der Waals surface area (Å²) in [5.74, 6) is 1.35. The molecule has 1 aliphatic rings. The Hall–Kier alpha value is -1.92. The van der Waals surface area contributed by atoms with Gasteiger partial charge in [0.05, 0.1) is 17.2 Å². The van der Waals surface area contributed by atoms with Gasteiger partial charge in [-0.2, -0.15) is 0 Å². The van der Waals surface area contributed by atoms with Crippen molar-refractivity contribution in [3.05, 3.63) is 52.0 Å². The lowest BCUT2D eigenvalue weighted by molar-refractivity contribution is 0.158. The third-order valence-electron chi connectivity index (χ3n) is 5.42. The van der Waals surface area contributed by atoms with Crippen molar-refractivity contribution in [3.63, 3.8) is 0 Å².